The summed E-state index contributed by atoms with van der Waals surface area (Å²) in [6.45, 7) is 5.45. The van der Waals surface area contributed by atoms with Gasteiger partial charge in [-0.05, 0) is 62.7 Å². The van der Waals surface area contributed by atoms with Crippen LogP contribution in [0.2, 0.25) is 0 Å². The number of aromatic nitrogens is 4. The molecule has 33 heavy (non-hydrogen) atoms. The SMILES string of the molecule is Cc1c2ccc(N(C)c3ccnc(Nc4ccc(CS(=O)(=O)C(C)C)cc4)n3)cc2nn1C. The van der Waals surface area contributed by atoms with Gasteiger partial charge in [0.05, 0.1) is 16.5 Å². The van der Waals surface area contributed by atoms with E-state index in [-0.39, 0.29) is 5.75 Å². The minimum atomic E-state index is -3.14. The molecule has 4 aromatic rings. The molecule has 0 amide bonds. The first-order chi connectivity index (χ1) is 15.6. The Hall–Kier alpha value is -3.46. The van der Waals surface area contributed by atoms with Crippen molar-refractivity contribution in [2.75, 3.05) is 17.3 Å². The lowest BCUT2D eigenvalue weighted by molar-refractivity contribution is 0.586. The molecule has 0 saturated heterocycles. The minimum absolute atomic E-state index is 0.0296. The van der Waals surface area contributed by atoms with Crippen molar-refractivity contribution in [3.63, 3.8) is 0 Å². The molecule has 8 nitrogen and oxygen atoms in total. The third kappa shape index (κ3) is 4.83. The average molecular weight is 465 g/mol. The zero-order valence-corrected chi connectivity index (χ0v) is 20.3. The molecule has 2 aromatic heterocycles. The largest absolute Gasteiger partial charge is 0.329 e. The fourth-order valence-electron chi connectivity index (χ4n) is 3.47. The van der Waals surface area contributed by atoms with Gasteiger partial charge in [-0.3, -0.25) is 4.68 Å². The molecule has 4 rings (SSSR count). The maximum atomic E-state index is 12.1. The maximum absolute atomic E-state index is 12.1. The predicted octanol–water partition coefficient (Wildman–Crippen LogP) is 4.51. The van der Waals surface area contributed by atoms with Crippen molar-refractivity contribution in [3.05, 3.63) is 66.0 Å². The first-order valence-electron chi connectivity index (χ1n) is 10.7. The third-order valence-corrected chi connectivity index (χ3v) is 7.95. The van der Waals surface area contributed by atoms with Gasteiger partial charge in [0.1, 0.15) is 5.82 Å². The number of aryl methyl sites for hydroxylation is 2. The minimum Gasteiger partial charge on any atom is -0.329 e. The fraction of sp³-hybridized carbons (Fsp3) is 0.292. The molecule has 0 spiro atoms. The first kappa shape index (κ1) is 22.7. The molecule has 0 unspecified atom stereocenters. The summed E-state index contributed by atoms with van der Waals surface area (Å²) in [6, 6.07) is 15.3. The van der Waals surface area contributed by atoms with E-state index in [0.29, 0.717) is 5.95 Å². The molecule has 0 aliphatic rings. The van der Waals surface area contributed by atoms with Crippen LogP contribution in [0.1, 0.15) is 25.1 Å². The van der Waals surface area contributed by atoms with Gasteiger partial charge in [-0.2, -0.15) is 10.1 Å². The van der Waals surface area contributed by atoms with Crippen molar-refractivity contribution in [2.24, 2.45) is 7.05 Å². The quantitative estimate of drug-likeness (QED) is 0.430. The van der Waals surface area contributed by atoms with Crippen LogP contribution >= 0.6 is 0 Å². The van der Waals surface area contributed by atoms with E-state index in [0.717, 1.165) is 39.4 Å². The van der Waals surface area contributed by atoms with Crippen molar-refractivity contribution >= 4 is 43.9 Å². The number of anilines is 4. The summed E-state index contributed by atoms with van der Waals surface area (Å²) < 4.78 is 26.2. The highest BCUT2D eigenvalue weighted by Gasteiger charge is 2.16. The Morgan fingerprint density at radius 2 is 1.82 bits per heavy atom. The predicted molar refractivity (Wildman–Crippen MR) is 133 cm³/mol. The van der Waals surface area contributed by atoms with Gasteiger partial charge in [-0.15, -0.1) is 0 Å². The van der Waals surface area contributed by atoms with Crippen LogP contribution in [0.4, 0.5) is 23.1 Å². The van der Waals surface area contributed by atoms with E-state index < -0.39 is 15.1 Å². The Balaban J connectivity index is 1.51. The zero-order valence-electron chi connectivity index (χ0n) is 19.4. The molecule has 172 valence electrons. The van der Waals surface area contributed by atoms with Gasteiger partial charge in [0.25, 0.3) is 0 Å². The Morgan fingerprint density at radius 3 is 2.52 bits per heavy atom. The topological polar surface area (TPSA) is 93.0 Å². The van der Waals surface area contributed by atoms with Crippen LogP contribution < -0.4 is 10.2 Å². The molecular formula is C24H28N6O2S. The van der Waals surface area contributed by atoms with Crippen LogP contribution in [0.15, 0.2) is 54.7 Å². The molecule has 0 saturated carbocycles. The number of nitrogens with zero attached hydrogens (tertiary/aromatic N) is 5. The second-order valence-corrected chi connectivity index (χ2v) is 10.9. The highest BCUT2D eigenvalue weighted by molar-refractivity contribution is 7.91. The number of fused-ring (bicyclic) bond motifs is 1. The second-order valence-electron chi connectivity index (χ2n) is 8.39. The highest BCUT2D eigenvalue weighted by atomic mass is 32.2. The average Bonchev–Trinajstić information content (AvgIpc) is 3.07. The Kier molecular flexibility index (Phi) is 6.07. The lowest BCUT2D eigenvalue weighted by atomic mass is 10.2. The van der Waals surface area contributed by atoms with Gasteiger partial charge in [-0.25, -0.2) is 13.4 Å². The van der Waals surface area contributed by atoms with Gasteiger partial charge >= 0.3 is 0 Å². The van der Waals surface area contributed by atoms with Crippen LogP contribution in [-0.2, 0) is 22.6 Å². The van der Waals surface area contributed by atoms with Crippen molar-refractivity contribution in [3.8, 4) is 0 Å². The summed E-state index contributed by atoms with van der Waals surface area (Å²) in [5, 5.41) is 8.49. The Morgan fingerprint density at radius 1 is 1.09 bits per heavy atom. The lowest BCUT2D eigenvalue weighted by Gasteiger charge is -2.19. The zero-order chi connectivity index (χ0) is 23.8. The normalized spacial score (nSPS) is 11.8. The number of nitrogens with one attached hydrogen (secondary N) is 1. The van der Waals surface area contributed by atoms with Gasteiger partial charge in [0, 0.05) is 42.7 Å². The summed E-state index contributed by atoms with van der Waals surface area (Å²) in [7, 11) is 0.757. The van der Waals surface area contributed by atoms with Crippen molar-refractivity contribution in [1.29, 1.82) is 0 Å². The van der Waals surface area contributed by atoms with Crippen LogP contribution in [-0.4, -0.2) is 40.5 Å². The van der Waals surface area contributed by atoms with E-state index in [4.69, 9.17) is 0 Å². The van der Waals surface area contributed by atoms with Crippen LogP contribution in [0.25, 0.3) is 10.9 Å². The number of hydrogen-bond donors (Lipinski definition) is 1. The number of rotatable bonds is 7. The summed E-state index contributed by atoms with van der Waals surface area (Å²) in [5.41, 5.74) is 4.57. The third-order valence-electron chi connectivity index (χ3n) is 5.78. The van der Waals surface area contributed by atoms with Gasteiger partial charge < -0.3 is 10.2 Å². The van der Waals surface area contributed by atoms with Crippen LogP contribution in [0.5, 0.6) is 0 Å². The van der Waals surface area contributed by atoms with Crippen molar-refractivity contribution in [2.45, 2.75) is 31.8 Å². The smallest absolute Gasteiger partial charge is 0.229 e. The summed E-state index contributed by atoms with van der Waals surface area (Å²) in [6.07, 6.45) is 1.70. The lowest BCUT2D eigenvalue weighted by Crippen LogP contribution is -2.16. The molecule has 9 heteroatoms. The molecule has 2 heterocycles. The molecule has 0 radical (unpaired) electrons. The summed E-state index contributed by atoms with van der Waals surface area (Å²) in [4.78, 5) is 10.9. The van der Waals surface area contributed by atoms with Gasteiger partial charge in [0.2, 0.25) is 5.95 Å². The monoisotopic (exact) mass is 464 g/mol. The Labute approximate surface area is 194 Å². The molecule has 0 aliphatic heterocycles. The standard InChI is InChI=1S/C24H28N6O2S/c1-16(2)33(31,32)15-18-6-8-19(9-7-18)26-24-25-13-12-23(27-24)29(4)20-10-11-21-17(3)30(5)28-22(21)14-20/h6-14,16H,15H2,1-5H3,(H,25,26,27). The van der Waals surface area contributed by atoms with E-state index in [1.54, 1.807) is 20.0 Å². The molecule has 0 fully saturated rings. The van der Waals surface area contributed by atoms with Gasteiger partial charge in [0.15, 0.2) is 9.84 Å². The fourth-order valence-corrected chi connectivity index (χ4v) is 4.46. The molecule has 0 bridgehead atoms. The number of hydrogen-bond acceptors (Lipinski definition) is 7. The van der Waals surface area contributed by atoms with Gasteiger partial charge in [-0.1, -0.05) is 12.1 Å². The molecule has 0 atom stereocenters. The van der Waals surface area contributed by atoms with Crippen LogP contribution in [0.3, 0.4) is 0 Å². The van der Waals surface area contributed by atoms with E-state index in [1.807, 2.05) is 60.1 Å². The molecular weight excluding hydrogens is 436 g/mol. The van der Waals surface area contributed by atoms with E-state index >= 15 is 0 Å². The number of benzene rings is 2. The molecule has 2 aromatic carbocycles. The molecule has 1 N–H and O–H groups in total. The van der Waals surface area contributed by atoms with E-state index in [1.165, 1.54) is 0 Å². The van der Waals surface area contributed by atoms with Crippen LogP contribution in [0, 0.1) is 6.92 Å². The molecule has 0 aliphatic carbocycles. The van der Waals surface area contributed by atoms with Crippen molar-refractivity contribution in [1.82, 2.24) is 19.7 Å². The first-order valence-corrected chi connectivity index (χ1v) is 12.4. The second kappa shape index (κ2) is 8.82. The summed E-state index contributed by atoms with van der Waals surface area (Å²) >= 11 is 0. The van der Waals surface area contributed by atoms with E-state index in [2.05, 4.69) is 39.4 Å². The number of sulfone groups is 1. The van der Waals surface area contributed by atoms with E-state index in [9.17, 15) is 8.42 Å². The summed E-state index contributed by atoms with van der Waals surface area (Å²) in [5.74, 6) is 1.22. The maximum Gasteiger partial charge on any atom is 0.229 e. The van der Waals surface area contributed by atoms with Crippen molar-refractivity contribution < 1.29 is 8.42 Å². The Bertz CT molecular complexity index is 1390. The highest BCUT2D eigenvalue weighted by Crippen LogP contribution is 2.27.